The molecule has 1 N–H and O–H groups in total. The van der Waals surface area contributed by atoms with Gasteiger partial charge in [-0.2, -0.15) is 0 Å². The fourth-order valence-corrected chi connectivity index (χ4v) is 2.32. The molecular weight excluding hydrogens is 316 g/mol. The maximum atomic E-state index is 11.7. The Hall–Kier alpha value is -2.46. The second-order valence-electron chi connectivity index (χ2n) is 4.94. The van der Waals surface area contributed by atoms with Crippen molar-refractivity contribution in [3.05, 3.63) is 58.1 Å². The third-order valence-electron chi connectivity index (χ3n) is 3.45. The van der Waals surface area contributed by atoms with Gasteiger partial charge in [0.2, 0.25) is 0 Å². The fraction of sp³-hybridized carbons (Fsp3) is 0.167. The summed E-state index contributed by atoms with van der Waals surface area (Å²) in [5.74, 6) is 0.126. The summed E-state index contributed by atoms with van der Waals surface area (Å²) >= 11 is 6.11. The van der Waals surface area contributed by atoms with Gasteiger partial charge in [0.25, 0.3) is 0 Å². The second-order valence-corrected chi connectivity index (χ2v) is 5.34. The maximum Gasteiger partial charge on any atom is 0.336 e. The predicted molar refractivity (Wildman–Crippen MR) is 91.2 cm³/mol. The number of hydrogen-bond acceptors (Lipinski definition) is 3. The zero-order chi connectivity index (χ0) is 17.0. The van der Waals surface area contributed by atoms with Gasteiger partial charge < -0.3 is 14.6 Å². The first-order valence-electron chi connectivity index (χ1n) is 6.89. The molecule has 2 aromatic rings. The van der Waals surface area contributed by atoms with E-state index in [2.05, 4.69) is 0 Å². The van der Waals surface area contributed by atoms with Crippen LogP contribution in [0.4, 0.5) is 0 Å². The number of methoxy groups -OCH3 is 2. The van der Waals surface area contributed by atoms with Crippen molar-refractivity contribution >= 4 is 29.2 Å². The van der Waals surface area contributed by atoms with Crippen molar-refractivity contribution in [2.24, 2.45) is 0 Å². The number of carbonyl (C=O) groups is 1. The third-order valence-corrected chi connectivity index (χ3v) is 3.86. The molecular formula is C18H17ClO4. The lowest BCUT2D eigenvalue weighted by Gasteiger charge is -2.10. The minimum absolute atomic E-state index is 0.124. The van der Waals surface area contributed by atoms with Crippen LogP contribution < -0.4 is 9.47 Å². The van der Waals surface area contributed by atoms with E-state index >= 15 is 0 Å². The van der Waals surface area contributed by atoms with E-state index < -0.39 is 5.97 Å². The Bertz CT molecular complexity index is 766. The van der Waals surface area contributed by atoms with Crippen molar-refractivity contribution in [1.29, 1.82) is 0 Å². The van der Waals surface area contributed by atoms with Gasteiger partial charge in [-0.1, -0.05) is 23.7 Å². The van der Waals surface area contributed by atoms with Crippen LogP contribution in [0.25, 0.3) is 11.6 Å². The van der Waals surface area contributed by atoms with E-state index in [9.17, 15) is 9.90 Å². The lowest BCUT2D eigenvalue weighted by Crippen LogP contribution is -2.00. The molecule has 0 atom stereocenters. The molecule has 0 spiro atoms. The Morgan fingerprint density at radius 2 is 1.87 bits per heavy atom. The summed E-state index contributed by atoms with van der Waals surface area (Å²) in [6, 6.07) is 10.4. The first kappa shape index (κ1) is 16.9. The molecule has 4 nitrogen and oxygen atoms in total. The molecule has 2 aromatic carbocycles. The van der Waals surface area contributed by atoms with Gasteiger partial charge in [-0.15, -0.1) is 0 Å². The van der Waals surface area contributed by atoms with Crippen LogP contribution in [0.2, 0.25) is 5.02 Å². The Labute approximate surface area is 139 Å². The number of carboxylic acids is 1. The van der Waals surface area contributed by atoms with Gasteiger partial charge >= 0.3 is 5.97 Å². The Morgan fingerprint density at radius 1 is 1.13 bits per heavy atom. The zero-order valence-electron chi connectivity index (χ0n) is 13.1. The van der Waals surface area contributed by atoms with Crippen molar-refractivity contribution in [3.63, 3.8) is 0 Å². The van der Waals surface area contributed by atoms with Gasteiger partial charge in [0.1, 0.15) is 11.5 Å². The Morgan fingerprint density at radius 3 is 2.43 bits per heavy atom. The van der Waals surface area contributed by atoms with E-state index in [-0.39, 0.29) is 5.57 Å². The summed E-state index contributed by atoms with van der Waals surface area (Å²) in [5.41, 5.74) is 2.15. The molecule has 120 valence electrons. The van der Waals surface area contributed by atoms with Crippen LogP contribution in [-0.2, 0) is 4.79 Å². The van der Waals surface area contributed by atoms with Gasteiger partial charge in [-0.3, -0.25) is 0 Å². The highest BCUT2D eigenvalue weighted by molar-refractivity contribution is 6.32. The summed E-state index contributed by atoms with van der Waals surface area (Å²) in [6.45, 7) is 1.86. The average Bonchev–Trinajstić information content (AvgIpc) is 2.54. The number of halogens is 1. The monoisotopic (exact) mass is 332 g/mol. The zero-order valence-corrected chi connectivity index (χ0v) is 13.8. The summed E-state index contributed by atoms with van der Waals surface area (Å²) < 4.78 is 10.5. The first-order valence-corrected chi connectivity index (χ1v) is 7.27. The molecule has 0 bridgehead atoms. The molecule has 23 heavy (non-hydrogen) atoms. The molecule has 0 aliphatic rings. The smallest absolute Gasteiger partial charge is 0.336 e. The number of benzene rings is 2. The number of rotatable bonds is 5. The number of hydrogen-bond donors (Lipinski definition) is 1. The third kappa shape index (κ3) is 3.85. The minimum Gasteiger partial charge on any atom is -0.497 e. The minimum atomic E-state index is -1.05. The molecule has 0 saturated carbocycles. The van der Waals surface area contributed by atoms with E-state index in [1.807, 2.05) is 6.92 Å². The average molecular weight is 333 g/mol. The van der Waals surface area contributed by atoms with Crippen LogP contribution in [0, 0.1) is 6.92 Å². The first-order chi connectivity index (χ1) is 11.0. The molecule has 0 saturated heterocycles. The quantitative estimate of drug-likeness (QED) is 0.655. The standard InChI is InChI=1S/C18H17ClO4/c1-11-4-5-12(10-16(11)19)15(18(20)21)9-13-8-14(22-2)6-7-17(13)23-3/h4-10H,1-3H3,(H,20,21)/b15-9-. The summed E-state index contributed by atoms with van der Waals surface area (Å²) in [4.78, 5) is 11.7. The SMILES string of the molecule is COc1ccc(OC)c(/C=C(\C(=O)O)c2ccc(C)c(Cl)c2)c1. The largest absolute Gasteiger partial charge is 0.497 e. The Kier molecular flexibility index (Phi) is 5.29. The molecule has 0 fully saturated rings. The van der Waals surface area contributed by atoms with Crippen LogP contribution in [0.5, 0.6) is 11.5 Å². The van der Waals surface area contributed by atoms with Gasteiger partial charge in [0.05, 0.1) is 19.8 Å². The molecule has 0 aliphatic carbocycles. The Balaban J connectivity index is 2.59. The normalized spacial score (nSPS) is 11.2. The molecule has 0 radical (unpaired) electrons. The highest BCUT2D eigenvalue weighted by atomic mass is 35.5. The second kappa shape index (κ2) is 7.20. The summed E-state index contributed by atoms with van der Waals surface area (Å²) in [6.07, 6.45) is 1.55. The number of aryl methyl sites for hydroxylation is 1. The van der Waals surface area contributed by atoms with E-state index in [1.165, 1.54) is 7.11 Å². The molecule has 2 rings (SSSR count). The van der Waals surface area contributed by atoms with Gasteiger partial charge in [-0.25, -0.2) is 4.79 Å². The molecule has 0 amide bonds. The molecule has 5 heteroatoms. The van der Waals surface area contributed by atoms with Crippen molar-refractivity contribution < 1.29 is 19.4 Å². The lowest BCUT2D eigenvalue weighted by molar-refractivity contribution is -0.130. The van der Waals surface area contributed by atoms with Crippen LogP contribution in [0.15, 0.2) is 36.4 Å². The number of ether oxygens (including phenoxy) is 2. The topological polar surface area (TPSA) is 55.8 Å². The molecule has 0 aliphatic heterocycles. The van der Waals surface area contributed by atoms with Crippen molar-refractivity contribution in [3.8, 4) is 11.5 Å². The van der Waals surface area contributed by atoms with Crippen molar-refractivity contribution in [1.82, 2.24) is 0 Å². The molecule has 0 unspecified atom stereocenters. The molecule has 0 aromatic heterocycles. The van der Waals surface area contributed by atoms with Crippen LogP contribution >= 0.6 is 11.6 Å². The summed E-state index contributed by atoms with van der Waals surface area (Å²) in [5, 5.41) is 10.1. The predicted octanol–water partition coefficient (Wildman–Crippen LogP) is 4.29. The van der Waals surface area contributed by atoms with E-state index in [4.69, 9.17) is 21.1 Å². The van der Waals surface area contributed by atoms with Crippen LogP contribution in [0.1, 0.15) is 16.7 Å². The highest BCUT2D eigenvalue weighted by Gasteiger charge is 2.14. The van der Waals surface area contributed by atoms with Gasteiger partial charge in [0, 0.05) is 10.6 Å². The summed E-state index contributed by atoms with van der Waals surface area (Å²) in [7, 11) is 3.08. The maximum absolute atomic E-state index is 11.7. The van der Waals surface area contributed by atoms with Crippen LogP contribution in [-0.4, -0.2) is 25.3 Å². The highest BCUT2D eigenvalue weighted by Crippen LogP contribution is 2.30. The van der Waals surface area contributed by atoms with E-state index in [1.54, 1.807) is 49.6 Å². The van der Waals surface area contributed by atoms with Gasteiger partial charge in [-0.05, 0) is 48.4 Å². The van der Waals surface area contributed by atoms with Crippen molar-refractivity contribution in [2.75, 3.05) is 14.2 Å². The number of carboxylic acid groups (broad SMARTS) is 1. The van der Waals surface area contributed by atoms with Gasteiger partial charge in [0.15, 0.2) is 0 Å². The van der Waals surface area contributed by atoms with Crippen LogP contribution in [0.3, 0.4) is 0 Å². The fourth-order valence-electron chi connectivity index (χ4n) is 2.14. The lowest BCUT2D eigenvalue weighted by atomic mass is 10.0. The molecule has 0 heterocycles. The number of aliphatic carboxylic acids is 1. The van der Waals surface area contributed by atoms with Crippen molar-refractivity contribution in [2.45, 2.75) is 6.92 Å². The van der Waals surface area contributed by atoms with E-state index in [0.717, 1.165) is 5.56 Å². The van der Waals surface area contributed by atoms with E-state index in [0.29, 0.717) is 27.6 Å².